The second-order valence-electron chi connectivity index (χ2n) is 8.08. The summed E-state index contributed by atoms with van der Waals surface area (Å²) < 4.78 is 15.4. The van der Waals surface area contributed by atoms with Gasteiger partial charge in [-0.2, -0.15) is 5.10 Å². The van der Waals surface area contributed by atoms with E-state index in [9.17, 15) is 4.39 Å². The number of hydrogen-bond acceptors (Lipinski definition) is 3. The Labute approximate surface area is 194 Å². The number of hydrogen-bond donors (Lipinski definition) is 0. The topological polar surface area (TPSA) is 30.2 Å². The van der Waals surface area contributed by atoms with Crippen LogP contribution < -0.4 is 0 Å². The second-order valence-corrected chi connectivity index (χ2v) is 9.05. The predicted molar refractivity (Wildman–Crippen MR) is 134 cm³/mol. The van der Waals surface area contributed by atoms with Crippen LogP contribution in [0.2, 0.25) is 0 Å². The first-order valence-electron chi connectivity index (χ1n) is 11.5. The molecule has 0 aliphatic heterocycles. The number of aromatic nitrogens is 2. The second kappa shape index (κ2) is 10.2. The number of thiophene rings is 1. The molecule has 5 heteroatoms. The summed E-state index contributed by atoms with van der Waals surface area (Å²) >= 11 is 1.77. The van der Waals surface area contributed by atoms with Crippen LogP contribution in [0.15, 0.2) is 64.6 Å². The van der Waals surface area contributed by atoms with Gasteiger partial charge in [0.1, 0.15) is 5.82 Å². The largest absolute Gasteiger partial charge is 0.280 e. The van der Waals surface area contributed by atoms with E-state index in [1.807, 2.05) is 10.9 Å². The molecular formula is C27H30FN3S. The maximum atomic E-state index is 13.5. The predicted octanol–water partition coefficient (Wildman–Crippen LogP) is 8.05. The highest BCUT2D eigenvalue weighted by molar-refractivity contribution is 7.10. The fraction of sp³-hybridized carbons (Fsp3) is 0.333. The quantitative estimate of drug-likeness (QED) is 0.321. The number of halogens is 1. The third kappa shape index (κ3) is 4.68. The molecule has 2 aromatic heterocycles. The van der Waals surface area contributed by atoms with Crippen LogP contribution in [0.25, 0.3) is 17.3 Å². The lowest BCUT2D eigenvalue weighted by molar-refractivity contribution is 0.627. The first-order valence-corrected chi connectivity index (χ1v) is 12.4. The van der Waals surface area contributed by atoms with E-state index in [1.165, 1.54) is 28.2 Å². The Morgan fingerprint density at radius 2 is 2.00 bits per heavy atom. The van der Waals surface area contributed by atoms with Gasteiger partial charge in [0.15, 0.2) is 0 Å². The van der Waals surface area contributed by atoms with E-state index in [4.69, 9.17) is 10.1 Å². The van der Waals surface area contributed by atoms with E-state index in [-0.39, 0.29) is 11.9 Å². The zero-order valence-electron chi connectivity index (χ0n) is 19.0. The zero-order chi connectivity index (χ0) is 22.5. The average molecular weight is 448 g/mol. The van der Waals surface area contributed by atoms with Crippen LogP contribution in [0.4, 0.5) is 4.39 Å². The summed E-state index contributed by atoms with van der Waals surface area (Å²) in [5, 5.41) is 6.83. The van der Waals surface area contributed by atoms with Gasteiger partial charge in [-0.3, -0.25) is 4.99 Å². The van der Waals surface area contributed by atoms with Crippen molar-refractivity contribution in [3.05, 3.63) is 81.6 Å². The van der Waals surface area contributed by atoms with Gasteiger partial charge in [-0.1, -0.05) is 44.9 Å². The minimum absolute atomic E-state index is 0.176. The van der Waals surface area contributed by atoms with Crippen molar-refractivity contribution >= 4 is 28.7 Å². The molecule has 0 saturated heterocycles. The van der Waals surface area contributed by atoms with E-state index in [0.29, 0.717) is 0 Å². The molecule has 0 N–H and O–H groups in total. The molecule has 0 amide bonds. The zero-order valence-corrected chi connectivity index (χ0v) is 19.8. The van der Waals surface area contributed by atoms with Crippen LogP contribution in [0, 0.1) is 5.82 Å². The first-order chi connectivity index (χ1) is 15.6. The molecule has 2 heterocycles. The molecule has 3 aromatic rings. The standard InChI is InChI=1S/C27H30FN3S/c1-4-8-25(30-24(6-3)27-9-7-16-32-27)22-15-10-19(5-2)17-26-23(22)18-29-31(26)21-13-11-20(28)12-14-21/h7,9,11-18,24H,4-6,8,10H2,1-3H3. The number of nitrogens with zero attached hydrogens (tertiary/aromatic N) is 3. The molecule has 3 nitrogen and oxygen atoms in total. The molecule has 1 unspecified atom stereocenters. The van der Waals surface area contributed by atoms with Crippen molar-refractivity contribution in [3.8, 4) is 5.69 Å². The Hall–Kier alpha value is -2.79. The third-order valence-electron chi connectivity index (χ3n) is 5.90. The van der Waals surface area contributed by atoms with Gasteiger partial charge >= 0.3 is 0 Å². The minimum Gasteiger partial charge on any atom is -0.280 e. The number of aliphatic imine (C=N–C) groups is 1. The third-order valence-corrected chi connectivity index (χ3v) is 6.87. The molecule has 0 fully saturated rings. The summed E-state index contributed by atoms with van der Waals surface area (Å²) in [6.07, 6.45) is 11.3. The molecule has 32 heavy (non-hydrogen) atoms. The molecule has 4 rings (SSSR count). The Balaban J connectivity index is 1.82. The van der Waals surface area contributed by atoms with E-state index < -0.39 is 0 Å². The molecule has 1 aliphatic rings. The SMILES string of the molecule is CCCC(=NC(CC)c1cccs1)C1=CCC(CC)=Cc2c1cnn2-c1ccc(F)cc1. The van der Waals surface area contributed by atoms with E-state index in [2.05, 4.69) is 50.4 Å². The van der Waals surface area contributed by atoms with Crippen molar-refractivity contribution in [1.29, 1.82) is 0 Å². The van der Waals surface area contributed by atoms with Crippen LogP contribution in [0.3, 0.4) is 0 Å². The summed E-state index contributed by atoms with van der Waals surface area (Å²) in [5.74, 6) is -0.242. The van der Waals surface area contributed by atoms with Crippen molar-refractivity contribution in [3.63, 3.8) is 0 Å². The highest BCUT2D eigenvalue weighted by Crippen LogP contribution is 2.34. The molecule has 1 atom stereocenters. The van der Waals surface area contributed by atoms with Crippen molar-refractivity contribution in [2.24, 2.45) is 4.99 Å². The van der Waals surface area contributed by atoms with Gasteiger partial charge < -0.3 is 0 Å². The van der Waals surface area contributed by atoms with Crippen LogP contribution in [-0.2, 0) is 0 Å². The summed E-state index contributed by atoms with van der Waals surface area (Å²) in [6.45, 7) is 6.60. The molecule has 1 aromatic carbocycles. The highest BCUT2D eigenvalue weighted by Gasteiger charge is 2.22. The molecule has 0 spiro atoms. The van der Waals surface area contributed by atoms with Crippen molar-refractivity contribution < 1.29 is 4.39 Å². The lowest BCUT2D eigenvalue weighted by atomic mass is 9.97. The number of allylic oxidation sites excluding steroid dienone is 3. The monoisotopic (exact) mass is 447 g/mol. The van der Waals surface area contributed by atoms with Gasteiger partial charge in [-0.15, -0.1) is 11.3 Å². The van der Waals surface area contributed by atoms with Crippen molar-refractivity contribution in [1.82, 2.24) is 9.78 Å². The Bertz CT molecular complexity index is 1130. The summed E-state index contributed by atoms with van der Waals surface area (Å²) in [4.78, 5) is 6.59. The number of benzene rings is 1. The maximum absolute atomic E-state index is 13.5. The van der Waals surface area contributed by atoms with Crippen LogP contribution in [0.5, 0.6) is 0 Å². The van der Waals surface area contributed by atoms with Gasteiger partial charge in [0.2, 0.25) is 0 Å². The molecule has 0 bridgehead atoms. The molecule has 1 aliphatic carbocycles. The normalized spacial score (nSPS) is 15.1. The van der Waals surface area contributed by atoms with Gasteiger partial charge in [-0.05, 0) is 67.5 Å². The lowest BCUT2D eigenvalue weighted by Gasteiger charge is -2.15. The minimum atomic E-state index is -0.242. The molecular weight excluding hydrogens is 417 g/mol. The van der Waals surface area contributed by atoms with Gasteiger partial charge in [0.25, 0.3) is 0 Å². The van der Waals surface area contributed by atoms with Gasteiger partial charge in [0.05, 0.1) is 23.6 Å². The van der Waals surface area contributed by atoms with Gasteiger partial charge in [-0.25, -0.2) is 9.07 Å². The highest BCUT2D eigenvalue weighted by atomic mass is 32.1. The Morgan fingerprint density at radius 3 is 2.66 bits per heavy atom. The number of rotatable bonds is 8. The summed E-state index contributed by atoms with van der Waals surface area (Å²) in [6, 6.07) is 11.0. The summed E-state index contributed by atoms with van der Waals surface area (Å²) in [5.41, 5.74) is 6.70. The van der Waals surface area contributed by atoms with E-state index >= 15 is 0 Å². The first kappa shape index (κ1) is 22.4. The molecule has 0 radical (unpaired) electrons. The summed E-state index contributed by atoms with van der Waals surface area (Å²) in [7, 11) is 0. The van der Waals surface area contributed by atoms with Gasteiger partial charge in [0, 0.05) is 21.7 Å². The maximum Gasteiger partial charge on any atom is 0.123 e. The van der Waals surface area contributed by atoms with Crippen molar-refractivity contribution in [2.45, 2.75) is 58.9 Å². The van der Waals surface area contributed by atoms with E-state index in [1.54, 1.807) is 23.5 Å². The molecule has 166 valence electrons. The van der Waals surface area contributed by atoms with Crippen LogP contribution >= 0.6 is 11.3 Å². The van der Waals surface area contributed by atoms with E-state index in [0.717, 1.165) is 54.8 Å². The fourth-order valence-electron chi connectivity index (χ4n) is 4.14. The average Bonchev–Trinajstić information content (AvgIpc) is 3.44. The Morgan fingerprint density at radius 1 is 1.19 bits per heavy atom. The van der Waals surface area contributed by atoms with Crippen LogP contribution in [0.1, 0.15) is 75.1 Å². The van der Waals surface area contributed by atoms with Crippen molar-refractivity contribution in [2.75, 3.05) is 0 Å². The van der Waals surface area contributed by atoms with Crippen LogP contribution in [-0.4, -0.2) is 15.5 Å². The number of fused-ring (bicyclic) bond motifs is 1. The Kier molecular flexibility index (Phi) is 7.15. The smallest absolute Gasteiger partial charge is 0.123 e. The fourth-order valence-corrected chi connectivity index (χ4v) is 4.99. The molecule has 0 saturated carbocycles. The lowest BCUT2D eigenvalue weighted by Crippen LogP contribution is -2.07.